The molecule has 86 valence electrons. The van der Waals surface area contributed by atoms with Crippen molar-refractivity contribution in [1.29, 1.82) is 5.41 Å². The molecule has 0 aromatic carbocycles. The van der Waals surface area contributed by atoms with E-state index in [9.17, 15) is 0 Å². The summed E-state index contributed by atoms with van der Waals surface area (Å²) in [5, 5.41) is 17.5. The van der Waals surface area contributed by atoms with Gasteiger partial charge < -0.3 is 16.0 Å². The Hall–Kier alpha value is -1.55. The SMILES string of the molecule is CC1NC=CC(C(C=N)C2=CC=CCN2)N1. The van der Waals surface area contributed by atoms with Crippen molar-refractivity contribution >= 4 is 6.21 Å². The first-order valence-electron chi connectivity index (χ1n) is 5.61. The molecule has 2 aliphatic rings. The molecule has 2 heterocycles. The summed E-state index contributed by atoms with van der Waals surface area (Å²) in [5.74, 6) is 0.0748. The number of nitrogens with one attached hydrogen (secondary N) is 4. The van der Waals surface area contributed by atoms with E-state index in [0.717, 1.165) is 12.2 Å². The molecule has 0 spiro atoms. The van der Waals surface area contributed by atoms with Crippen LogP contribution >= 0.6 is 0 Å². The Balaban J connectivity index is 2.12. The Bertz CT molecular complexity index is 343. The first-order chi connectivity index (χ1) is 7.81. The molecule has 2 rings (SSSR count). The molecule has 4 nitrogen and oxygen atoms in total. The van der Waals surface area contributed by atoms with Gasteiger partial charge in [0.15, 0.2) is 0 Å². The molecule has 0 aromatic rings. The summed E-state index contributed by atoms with van der Waals surface area (Å²) in [6.07, 6.45) is 11.9. The Morgan fingerprint density at radius 1 is 1.56 bits per heavy atom. The van der Waals surface area contributed by atoms with E-state index in [1.54, 1.807) is 0 Å². The van der Waals surface area contributed by atoms with Gasteiger partial charge in [-0.1, -0.05) is 18.2 Å². The minimum atomic E-state index is 0.0748. The normalized spacial score (nSPS) is 29.9. The summed E-state index contributed by atoms with van der Waals surface area (Å²) in [6, 6.07) is 0.180. The van der Waals surface area contributed by atoms with Crippen LogP contribution in [-0.4, -0.2) is 25.0 Å². The van der Waals surface area contributed by atoms with Crippen molar-refractivity contribution in [3.8, 4) is 0 Å². The molecule has 0 radical (unpaired) electrons. The minimum Gasteiger partial charge on any atom is -0.384 e. The van der Waals surface area contributed by atoms with Crippen molar-refractivity contribution in [2.75, 3.05) is 6.54 Å². The molecular formula is C12H18N4. The maximum absolute atomic E-state index is 7.57. The summed E-state index contributed by atoms with van der Waals surface area (Å²) in [5.41, 5.74) is 1.11. The molecule has 0 aromatic heterocycles. The van der Waals surface area contributed by atoms with Crippen LogP contribution < -0.4 is 16.0 Å². The number of hydrogen-bond donors (Lipinski definition) is 4. The molecule has 2 aliphatic heterocycles. The average molecular weight is 218 g/mol. The Morgan fingerprint density at radius 2 is 2.44 bits per heavy atom. The van der Waals surface area contributed by atoms with Crippen molar-refractivity contribution in [3.05, 3.63) is 36.2 Å². The second-order valence-corrected chi connectivity index (χ2v) is 4.06. The maximum atomic E-state index is 7.57. The zero-order valence-corrected chi connectivity index (χ0v) is 9.40. The number of allylic oxidation sites excluding steroid dienone is 2. The lowest BCUT2D eigenvalue weighted by atomic mass is 9.94. The van der Waals surface area contributed by atoms with Crippen LogP contribution in [0.3, 0.4) is 0 Å². The molecule has 0 fully saturated rings. The molecule has 3 atom stereocenters. The predicted octanol–water partition coefficient (Wildman–Crippen LogP) is 0.717. The summed E-state index contributed by atoms with van der Waals surface area (Å²) in [4.78, 5) is 0. The summed E-state index contributed by atoms with van der Waals surface area (Å²) >= 11 is 0. The summed E-state index contributed by atoms with van der Waals surface area (Å²) < 4.78 is 0. The second-order valence-electron chi connectivity index (χ2n) is 4.06. The van der Waals surface area contributed by atoms with Gasteiger partial charge in [0.05, 0.1) is 12.1 Å². The highest BCUT2D eigenvalue weighted by Crippen LogP contribution is 2.16. The highest BCUT2D eigenvalue weighted by molar-refractivity contribution is 5.64. The van der Waals surface area contributed by atoms with E-state index < -0.39 is 0 Å². The van der Waals surface area contributed by atoms with Crippen molar-refractivity contribution in [2.45, 2.75) is 19.1 Å². The lowest BCUT2D eigenvalue weighted by molar-refractivity contribution is 0.407. The largest absolute Gasteiger partial charge is 0.384 e. The van der Waals surface area contributed by atoms with Crippen LogP contribution in [0.5, 0.6) is 0 Å². The van der Waals surface area contributed by atoms with Crippen LogP contribution in [0.2, 0.25) is 0 Å². The van der Waals surface area contributed by atoms with Crippen molar-refractivity contribution in [2.24, 2.45) is 5.92 Å². The molecule has 0 aliphatic carbocycles. The van der Waals surface area contributed by atoms with Gasteiger partial charge in [0.25, 0.3) is 0 Å². The van der Waals surface area contributed by atoms with Gasteiger partial charge in [0, 0.05) is 24.5 Å². The zero-order chi connectivity index (χ0) is 11.4. The van der Waals surface area contributed by atoms with E-state index in [0.29, 0.717) is 0 Å². The van der Waals surface area contributed by atoms with E-state index in [-0.39, 0.29) is 18.1 Å². The van der Waals surface area contributed by atoms with Crippen LogP contribution in [0, 0.1) is 11.3 Å². The van der Waals surface area contributed by atoms with Crippen molar-refractivity contribution in [3.63, 3.8) is 0 Å². The minimum absolute atomic E-state index is 0.0748. The van der Waals surface area contributed by atoms with E-state index >= 15 is 0 Å². The highest BCUT2D eigenvalue weighted by atomic mass is 15.1. The van der Waals surface area contributed by atoms with Gasteiger partial charge >= 0.3 is 0 Å². The Kier molecular flexibility index (Phi) is 3.41. The molecule has 0 saturated carbocycles. The van der Waals surface area contributed by atoms with E-state index in [2.05, 4.69) is 35.0 Å². The fourth-order valence-electron chi connectivity index (χ4n) is 2.01. The van der Waals surface area contributed by atoms with Crippen LogP contribution in [0.1, 0.15) is 6.92 Å². The van der Waals surface area contributed by atoms with E-state index in [1.165, 1.54) is 6.21 Å². The summed E-state index contributed by atoms with van der Waals surface area (Å²) in [6.45, 7) is 2.92. The predicted molar refractivity (Wildman–Crippen MR) is 66.2 cm³/mol. The fraction of sp³-hybridized carbons (Fsp3) is 0.417. The molecule has 3 unspecified atom stereocenters. The average Bonchev–Trinajstić information content (AvgIpc) is 2.31. The lowest BCUT2D eigenvalue weighted by Crippen LogP contribution is -2.51. The Labute approximate surface area is 96.0 Å². The number of hydrogen-bond acceptors (Lipinski definition) is 4. The molecule has 16 heavy (non-hydrogen) atoms. The van der Waals surface area contributed by atoms with Crippen molar-refractivity contribution in [1.82, 2.24) is 16.0 Å². The van der Waals surface area contributed by atoms with Crippen molar-refractivity contribution < 1.29 is 0 Å². The van der Waals surface area contributed by atoms with Gasteiger partial charge in [-0.2, -0.15) is 0 Å². The standard InChI is InChI=1S/C12H18N4/c1-9-14-7-5-12(16-9)10(8-13)11-4-2-3-6-15-11/h2-5,7-10,12-16H,6H2,1H3. The molecule has 4 N–H and O–H groups in total. The third-order valence-electron chi connectivity index (χ3n) is 2.85. The van der Waals surface area contributed by atoms with Gasteiger partial charge in [0.1, 0.15) is 0 Å². The third kappa shape index (κ3) is 2.33. The number of dihydropyridines is 1. The first kappa shape index (κ1) is 11.0. The zero-order valence-electron chi connectivity index (χ0n) is 9.40. The fourth-order valence-corrected chi connectivity index (χ4v) is 2.01. The van der Waals surface area contributed by atoms with Gasteiger partial charge in [-0.3, -0.25) is 5.32 Å². The number of rotatable bonds is 3. The van der Waals surface area contributed by atoms with Crippen LogP contribution in [0.25, 0.3) is 0 Å². The molecule has 0 bridgehead atoms. The smallest absolute Gasteiger partial charge is 0.0739 e. The first-order valence-corrected chi connectivity index (χ1v) is 5.61. The maximum Gasteiger partial charge on any atom is 0.0739 e. The van der Waals surface area contributed by atoms with Crippen LogP contribution in [0.4, 0.5) is 0 Å². The van der Waals surface area contributed by atoms with Gasteiger partial charge in [-0.25, -0.2) is 0 Å². The van der Waals surface area contributed by atoms with Gasteiger partial charge in [0.2, 0.25) is 0 Å². The van der Waals surface area contributed by atoms with Gasteiger partial charge in [-0.15, -0.1) is 0 Å². The second kappa shape index (κ2) is 4.99. The van der Waals surface area contributed by atoms with Crippen LogP contribution in [0.15, 0.2) is 36.2 Å². The molecular weight excluding hydrogens is 200 g/mol. The third-order valence-corrected chi connectivity index (χ3v) is 2.85. The molecule has 0 saturated heterocycles. The lowest BCUT2D eigenvalue weighted by Gasteiger charge is -2.31. The molecule has 0 amide bonds. The van der Waals surface area contributed by atoms with E-state index in [4.69, 9.17) is 5.41 Å². The highest BCUT2D eigenvalue weighted by Gasteiger charge is 2.24. The Morgan fingerprint density at radius 3 is 3.06 bits per heavy atom. The quantitative estimate of drug-likeness (QED) is 0.528. The van der Waals surface area contributed by atoms with Gasteiger partial charge in [-0.05, 0) is 19.2 Å². The summed E-state index contributed by atoms with van der Waals surface area (Å²) in [7, 11) is 0. The van der Waals surface area contributed by atoms with E-state index in [1.807, 2.05) is 18.4 Å². The molecule has 4 heteroatoms. The topological polar surface area (TPSA) is 59.9 Å². The monoisotopic (exact) mass is 218 g/mol. The van der Waals surface area contributed by atoms with Crippen LogP contribution in [-0.2, 0) is 0 Å².